The van der Waals surface area contributed by atoms with E-state index in [9.17, 15) is 9.59 Å². The molecule has 6 heteroatoms. The van der Waals surface area contributed by atoms with Gasteiger partial charge in [0.05, 0.1) is 12.4 Å². The summed E-state index contributed by atoms with van der Waals surface area (Å²) in [6.07, 6.45) is 11.8. The Bertz CT molecular complexity index is 915. The molecule has 1 fully saturated rings. The maximum atomic E-state index is 12.6. The fourth-order valence-corrected chi connectivity index (χ4v) is 5.55. The van der Waals surface area contributed by atoms with Crippen molar-refractivity contribution in [1.29, 1.82) is 0 Å². The SMILES string of the molecule is CCCCCCCCCCCC(=O)Nc1ccc([C@@H]2SCC(=O)N2c2ccc(OCC)cc2)cc1. The van der Waals surface area contributed by atoms with Gasteiger partial charge in [0.25, 0.3) is 0 Å². The van der Waals surface area contributed by atoms with Crippen LogP contribution < -0.4 is 15.0 Å². The van der Waals surface area contributed by atoms with Crippen LogP contribution in [0.2, 0.25) is 0 Å². The second-order valence-electron chi connectivity index (χ2n) is 9.10. The molecule has 1 heterocycles. The van der Waals surface area contributed by atoms with Gasteiger partial charge in [-0.2, -0.15) is 0 Å². The molecular weight excluding hydrogens is 456 g/mol. The first-order valence-corrected chi connectivity index (χ1v) is 14.2. The van der Waals surface area contributed by atoms with E-state index in [0.29, 0.717) is 18.8 Å². The minimum absolute atomic E-state index is 0.0714. The number of benzene rings is 2. The van der Waals surface area contributed by atoms with Crippen molar-refractivity contribution in [1.82, 2.24) is 0 Å². The Morgan fingerprint density at radius 1 is 0.914 bits per heavy atom. The van der Waals surface area contributed by atoms with Gasteiger partial charge in [-0.05, 0) is 55.3 Å². The first kappa shape index (κ1) is 27.1. The average molecular weight is 497 g/mol. The molecule has 0 unspecified atom stereocenters. The molecule has 0 bridgehead atoms. The van der Waals surface area contributed by atoms with Gasteiger partial charge in [0.2, 0.25) is 11.8 Å². The van der Waals surface area contributed by atoms with Crippen molar-refractivity contribution in [3.63, 3.8) is 0 Å². The van der Waals surface area contributed by atoms with E-state index in [2.05, 4.69) is 12.2 Å². The lowest BCUT2D eigenvalue weighted by molar-refractivity contribution is -0.116. The van der Waals surface area contributed by atoms with Crippen LogP contribution in [0, 0.1) is 0 Å². The van der Waals surface area contributed by atoms with Gasteiger partial charge in [-0.15, -0.1) is 11.8 Å². The summed E-state index contributed by atoms with van der Waals surface area (Å²) in [4.78, 5) is 26.8. The molecule has 3 rings (SSSR count). The van der Waals surface area contributed by atoms with Crippen LogP contribution in [0.15, 0.2) is 48.5 Å². The van der Waals surface area contributed by atoms with Crippen LogP contribution in [0.3, 0.4) is 0 Å². The molecule has 1 N–H and O–H groups in total. The van der Waals surface area contributed by atoms with Crippen LogP contribution in [-0.4, -0.2) is 24.2 Å². The van der Waals surface area contributed by atoms with E-state index in [4.69, 9.17) is 4.74 Å². The molecule has 0 saturated carbocycles. The zero-order chi connectivity index (χ0) is 24.9. The van der Waals surface area contributed by atoms with Crippen molar-refractivity contribution in [2.45, 2.75) is 83.4 Å². The monoisotopic (exact) mass is 496 g/mol. The van der Waals surface area contributed by atoms with Crippen LogP contribution in [0.1, 0.15) is 89.0 Å². The van der Waals surface area contributed by atoms with E-state index in [1.165, 1.54) is 44.9 Å². The molecule has 0 radical (unpaired) electrons. The highest BCUT2D eigenvalue weighted by Crippen LogP contribution is 2.42. The number of nitrogens with zero attached hydrogens (tertiary/aromatic N) is 1. The number of hydrogen-bond acceptors (Lipinski definition) is 4. The lowest BCUT2D eigenvalue weighted by atomic mass is 10.1. The van der Waals surface area contributed by atoms with Crippen LogP contribution >= 0.6 is 11.8 Å². The Hall–Kier alpha value is -2.47. The molecule has 35 heavy (non-hydrogen) atoms. The summed E-state index contributed by atoms with van der Waals surface area (Å²) in [5.41, 5.74) is 2.72. The number of amides is 2. The molecule has 0 spiro atoms. The summed E-state index contributed by atoms with van der Waals surface area (Å²) < 4.78 is 5.52. The molecule has 1 atom stereocenters. The minimum atomic E-state index is -0.0767. The zero-order valence-electron chi connectivity index (χ0n) is 21.3. The second-order valence-corrected chi connectivity index (χ2v) is 10.2. The van der Waals surface area contributed by atoms with Gasteiger partial charge >= 0.3 is 0 Å². The fourth-order valence-electron chi connectivity index (χ4n) is 4.37. The highest BCUT2D eigenvalue weighted by Gasteiger charge is 2.34. The molecule has 0 aromatic heterocycles. The standard InChI is InChI=1S/C29H40N2O3S/c1-3-5-6-7-8-9-10-11-12-13-27(32)30-24-16-14-23(15-17-24)29-31(28(33)22-35-29)25-18-20-26(21-19-25)34-4-2/h14-21,29H,3-13,22H2,1-2H3,(H,30,32)/t29-/m0/s1. The van der Waals surface area contributed by atoms with E-state index < -0.39 is 0 Å². The quantitative estimate of drug-likeness (QED) is 0.256. The van der Waals surface area contributed by atoms with Crippen molar-refractivity contribution in [2.24, 2.45) is 0 Å². The van der Waals surface area contributed by atoms with Gasteiger partial charge in [-0.1, -0.05) is 70.4 Å². The van der Waals surface area contributed by atoms with E-state index in [0.717, 1.165) is 35.5 Å². The lowest BCUT2D eigenvalue weighted by Gasteiger charge is -2.24. The molecule has 2 amide bonds. The number of unbranched alkanes of at least 4 members (excludes halogenated alkanes) is 8. The van der Waals surface area contributed by atoms with Gasteiger partial charge in [0.1, 0.15) is 11.1 Å². The number of carbonyl (C=O) groups excluding carboxylic acids is 2. The molecule has 2 aromatic rings. The van der Waals surface area contributed by atoms with Crippen LogP contribution in [0.25, 0.3) is 0 Å². The summed E-state index contributed by atoms with van der Waals surface area (Å²) in [6, 6.07) is 15.5. The van der Waals surface area contributed by atoms with Gasteiger partial charge in [0.15, 0.2) is 0 Å². The largest absolute Gasteiger partial charge is 0.494 e. The van der Waals surface area contributed by atoms with E-state index in [-0.39, 0.29) is 17.2 Å². The predicted molar refractivity (Wildman–Crippen MR) is 147 cm³/mol. The van der Waals surface area contributed by atoms with Crippen molar-refractivity contribution in [2.75, 3.05) is 22.6 Å². The summed E-state index contributed by atoms with van der Waals surface area (Å²) in [5, 5.41) is 2.94. The summed E-state index contributed by atoms with van der Waals surface area (Å²) in [7, 11) is 0. The van der Waals surface area contributed by atoms with Gasteiger partial charge in [0, 0.05) is 17.8 Å². The van der Waals surface area contributed by atoms with Crippen molar-refractivity contribution in [3.05, 3.63) is 54.1 Å². The number of carbonyl (C=O) groups is 2. The van der Waals surface area contributed by atoms with Crippen LogP contribution in [0.5, 0.6) is 5.75 Å². The summed E-state index contributed by atoms with van der Waals surface area (Å²) >= 11 is 1.62. The van der Waals surface area contributed by atoms with Crippen LogP contribution in [-0.2, 0) is 9.59 Å². The first-order valence-electron chi connectivity index (χ1n) is 13.2. The first-order chi connectivity index (χ1) is 17.1. The Balaban J connectivity index is 1.44. The molecule has 1 aliphatic heterocycles. The second kappa shape index (κ2) is 14.8. The molecule has 1 saturated heterocycles. The van der Waals surface area contributed by atoms with E-state index in [1.54, 1.807) is 11.8 Å². The number of nitrogens with one attached hydrogen (secondary N) is 1. The van der Waals surface area contributed by atoms with Crippen molar-refractivity contribution in [3.8, 4) is 5.75 Å². The van der Waals surface area contributed by atoms with E-state index >= 15 is 0 Å². The third-order valence-electron chi connectivity index (χ3n) is 6.28. The normalized spacial score (nSPS) is 15.4. The number of ether oxygens (including phenoxy) is 1. The van der Waals surface area contributed by atoms with Crippen molar-refractivity contribution < 1.29 is 14.3 Å². The Labute approximate surface area is 215 Å². The van der Waals surface area contributed by atoms with E-state index in [1.807, 2.05) is 60.4 Å². The van der Waals surface area contributed by atoms with Gasteiger partial charge in [-0.25, -0.2) is 0 Å². The maximum absolute atomic E-state index is 12.6. The fraction of sp³-hybridized carbons (Fsp3) is 0.517. The molecule has 190 valence electrons. The molecule has 0 aliphatic carbocycles. The molecule has 5 nitrogen and oxygen atoms in total. The molecule has 1 aliphatic rings. The van der Waals surface area contributed by atoms with Gasteiger partial charge < -0.3 is 10.1 Å². The Morgan fingerprint density at radius 2 is 1.54 bits per heavy atom. The number of anilines is 2. The predicted octanol–water partition coefficient (Wildman–Crippen LogP) is 7.72. The topological polar surface area (TPSA) is 58.6 Å². The summed E-state index contributed by atoms with van der Waals surface area (Å²) in [6.45, 7) is 4.81. The van der Waals surface area contributed by atoms with Gasteiger partial charge in [-0.3, -0.25) is 14.5 Å². The third kappa shape index (κ3) is 8.60. The number of rotatable bonds is 15. The lowest BCUT2D eigenvalue weighted by Crippen LogP contribution is -2.27. The highest BCUT2D eigenvalue weighted by molar-refractivity contribution is 8.00. The molecule has 2 aromatic carbocycles. The minimum Gasteiger partial charge on any atom is -0.494 e. The van der Waals surface area contributed by atoms with Crippen LogP contribution in [0.4, 0.5) is 11.4 Å². The maximum Gasteiger partial charge on any atom is 0.238 e. The highest BCUT2D eigenvalue weighted by atomic mass is 32.2. The Kier molecular flexibility index (Phi) is 11.5. The zero-order valence-corrected chi connectivity index (χ0v) is 22.1. The Morgan fingerprint density at radius 3 is 2.17 bits per heavy atom. The third-order valence-corrected chi connectivity index (χ3v) is 7.49. The number of hydrogen-bond donors (Lipinski definition) is 1. The number of thioether (sulfide) groups is 1. The van der Waals surface area contributed by atoms with Crippen molar-refractivity contribution >= 4 is 35.0 Å². The smallest absolute Gasteiger partial charge is 0.238 e. The molecular formula is C29H40N2O3S. The summed E-state index contributed by atoms with van der Waals surface area (Å²) in [5.74, 6) is 1.42. The average Bonchev–Trinajstić information content (AvgIpc) is 3.25.